The number of nitrogens with one attached hydrogen (secondary N) is 1. The van der Waals surface area contributed by atoms with E-state index in [4.69, 9.17) is 0 Å². The molecule has 0 spiro atoms. The van der Waals surface area contributed by atoms with Gasteiger partial charge in [-0.2, -0.15) is 11.8 Å². The van der Waals surface area contributed by atoms with Crippen LogP contribution in [0.1, 0.15) is 10.7 Å². The highest BCUT2D eigenvalue weighted by Crippen LogP contribution is 2.24. The van der Waals surface area contributed by atoms with E-state index in [1.807, 2.05) is 43.0 Å². The fourth-order valence-corrected chi connectivity index (χ4v) is 4.88. The van der Waals surface area contributed by atoms with Crippen molar-refractivity contribution in [2.75, 3.05) is 18.1 Å². The molecule has 0 aliphatic carbocycles. The van der Waals surface area contributed by atoms with Gasteiger partial charge >= 0.3 is 0 Å². The molecule has 0 saturated carbocycles. The minimum atomic E-state index is 0.0436. The molecule has 25 heavy (non-hydrogen) atoms. The predicted octanol–water partition coefficient (Wildman–Crippen LogP) is 4.14. The lowest BCUT2D eigenvalue weighted by Gasteiger charge is -2.07. The van der Waals surface area contributed by atoms with Gasteiger partial charge in [-0.15, -0.1) is 11.3 Å². The Balaban J connectivity index is 1.43. The molecule has 0 aliphatic rings. The summed E-state index contributed by atoms with van der Waals surface area (Å²) in [5, 5.41) is 6.93. The zero-order valence-corrected chi connectivity index (χ0v) is 16.3. The third-order valence-corrected chi connectivity index (χ3v) is 6.47. The Morgan fingerprint density at radius 2 is 2.08 bits per heavy atom. The fourth-order valence-electron chi connectivity index (χ4n) is 2.28. The first-order valence-corrected chi connectivity index (χ1v) is 11.0. The van der Waals surface area contributed by atoms with Crippen LogP contribution in [0.25, 0.3) is 10.9 Å². The summed E-state index contributed by atoms with van der Waals surface area (Å²) in [7, 11) is 0. The lowest BCUT2D eigenvalue weighted by Crippen LogP contribution is -2.27. The molecular formula is C18H19N3OS3. The van der Waals surface area contributed by atoms with E-state index >= 15 is 0 Å². The molecule has 2 aromatic heterocycles. The van der Waals surface area contributed by atoms with Crippen LogP contribution in [0.4, 0.5) is 0 Å². The van der Waals surface area contributed by atoms with E-state index in [0.29, 0.717) is 12.3 Å². The Morgan fingerprint density at radius 3 is 2.92 bits per heavy atom. The number of aryl methyl sites for hydroxylation is 1. The van der Waals surface area contributed by atoms with Crippen LogP contribution < -0.4 is 5.32 Å². The average Bonchev–Trinajstić information content (AvgIpc) is 3.12. The van der Waals surface area contributed by atoms with Crippen LogP contribution in [-0.4, -0.2) is 33.9 Å². The first-order valence-electron chi connectivity index (χ1n) is 7.95. The Kier molecular flexibility index (Phi) is 6.72. The van der Waals surface area contributed by atoms with Crippen LogP contribution in [-0.2, 0) is 10.5 Å². The van der Waals surface area contributed by atoms with Crippen molar-refractivity contribution in [2.45, 2.75) is 17.7 Å². The number of nitrogens with zero attached hydrogens (tertiary/aromatic N) is 2. The van der Waals surface area contributed by atoms with Gasteiger partial charge in [0, 0.05) is 28.3 Å². The molecule has 0 saturated heterocycles. The van der Waals surface area contributed by atoms with E-state index in [9.17, 15) is 4.79 Å². The second kappa shape index (κ2) is 9.22. The first kappa shape index (κ1) is 18.2. The van der Waals surface area contributed by atoms with E-state index in [2.05, 4.69) is 32.8 Å². The molecule has 0 bridgehead atoms. The Bertz CT molecular complexity index is 837. The molecule has 0 radical (unpaired) electrons. The van der Waals surface area contributed by atoms with Gasteiger partial charge in [-0.3, -0.25) is 4.79 Å². The second-order valence-corrected chi connectivity index (χ2v) is 8.47. The maximum atomic E-state index is 12.0. The van der Waals surface area contributed by atoms with Crippen molar-refractivity contribution in [2.24, 2.45) is 0 Å². The molecule has 3 rings (SSSR count). The maximum absolute atomic E-state index is 12.0. The number of amides is 1. The lowest BCUT2D eigenvalue weighted by atomic mass is 10.2. The molecule has 0 unspecified atom stereocenters. The van der Waals surface area contributed by atoms with Crippen LogP contribution in [0.2, 0.25) is 0 Å². The Hall–Kier alpha value is -1.57. The Morgan fingerprint density at radius 1 is 1.20 bits per heavy atom. The summed E-state index contributed by atoms with van der Waals surface area (Å²) >= 11 is 5.08. The van der Waals surface area contributed by atoms with Crippen LogP contribution >= 0.6 is 34.9 Å². The van der Waals surface area contributed by atoms with Crippen molar-refractivity contribution in [1.29, 1.82) is 0 Å². The van der Waals surface area contributed by atoms with Gasteiger partial charge in [0.25, 0.3) is 0 Å². The SMILES string of the molecule is Cc1nc(SCC(=O)NCCSCc2cccs2)c2ccccc2n1. The topological polar surface area (TPSA) is 54.9 Å². The number of hydrogen-bond donors (Lipinski definition) is 1. The molecule has 0 atom stereocenters. The smallest absolute Gasteiger partial charge is 0.230 e. The van der Waals surface area contributed by atoms with Crippen molar-refractivity contribution in [3.8, 4) is 0 Å². The molecule has 2 heterocycles. The summed E-state index contributed by atoms with van der Waals surface area (Å²) in [6.07, 6.45) is 0. The Labute approximate surface area is 159 Å². The summed E-state index contributed by atoms with van der Waals surface area (Å²) < 4.78 is 0. The van der Waals surface area contributed by atoms with E-state index in [-0.39, 0.29) is 5.91 Å². The average molecular weight is 390 g/mol. The van der Waals surface area contributed by atoms with Crippen molar-refractivity contribution < 1.29 is 4.79 Å². The van der Waals surface area contributed by atoms with Crippen molar-refractivity contribution in [3.63, 3.8) is 0 Å². The highest BCUT2D eigenvalue weighted by molar-refractivity contribution is 8.00. The van der Waals surface area contributed by atoms with Crippen LogP contribution in [0.15, 0.2) is 46.8 Å². The maximum Gasteiger partial charge on any atom is 0.230 e. The molecular weight excluding hydrogens is 370 g/mol. The summed E-state index contributed by atoms with van der Waals surface area (Å²) in [6.45, 7) is 2.57. The monoisotopic (exact) mass is 389 g/mol. The first-order chi connectivity index (χ1) is 12.2. The number of fused-ring (bicyclic) bond motifs is 1. The normalized spacial score (nSPS) is 10.9. The van der Waals surface area contributed by atoms with E-state index in [1.165, 1.54) is 16.6 Å². The van der Waals surface area contributed by atoms with Gasteiger partial charge in [-0.1, -0.05) is 36.0 Å². The molecule has 1 amide bonds. The van der Waals surface area contributed by atoms with Crippen molar-refractivity contribution in [1.82, 2.24) is 15.3 Å². The quantitative estimate of drug-likeness (QED) is 0.356. The summed E-state index contributed by atoms with van der Waals surface area (Å²) in [5.41, 5.74) is 0.919. The van der Waals surface area contributed by atoms with E-state index in [1.54, 1.807) is 11.3 Å². The summed E-state index contributed by atoms with van der Waals surface area (Å²) in [5.74, 6) is 3.07. The highest BCUT2D eigenvalue weighted by atomic mass is 32.2. The summed E-state index contributed by atoms with van der Waals surface area (Å²) in [4.78, 5) is 22.3. The van der Waals surface area contributed by atoms with Crippen LogP contribution in [0, 0.1) is 6.92 Å². The second-order valence-electron chi connectivity index (χ2n) is 5.36. The van der Waals surface area contributed by atoms with Gasteiger partial charge in [0.05, 0.1) is 11.3 Å². The van der Waals surface area contributed by atoms with Gasteiger partial charge in [0.15, 0.2) is 0 Å². The number of benzene rings is 1. The number of rotatable bonds is 8. The van der Waals surface area contributed by atoms with E-state index < -0.39 is 0 Å². The zero-order valence-electron chi connectivity index (χ0n) is 13.9. The molecule has 7 heteroatoms. The fraction of sp³-hybridized carbons (Fsp3) is 0.278. The number of carbonyl (C=O) groups is 1. The van der Waals surface area contributed by atoms with Gasteiger partial charge in [0.2, 0.25) is 5.91 Å². The number of thioether (sulfide) groups is 2. The predicted molar refractivity (Wildman–Crippen MR) is 108 cm³/mol. The van der Waals surface area contributed by atoms with E-state index in [0.717, 1.165) is 33.3 Å². The molecule has 0 fully saturated rings. The van der Waals surface area contributed by atoms with Gasteiger partial charge in [0.1, 0.15) is 10.9 Å². The van der Waals surface area contributed by atoms with Crippen molar-refractivity contribution in [3.05, 3.63) is 52.5 Å². The third kappa shape index (κ3) is 5.45. The number of carbonyl (C=O) groups excluding carboxylic acids is 1. The largest absolute Gasteiger partial charge is 0.355 e. The number of thiophene rings is 1. The lowest BCUT2D eigenvalue weighted by molar-refractivity contribution is -0.118. The van der Waals surface area contributed by atoms with Crippen molar-refractivity contribution >= 4 is 51.7 Å². The zero-order chi connectivity index (χ0) is 17.5. The summed E-state index contributed by atoms with van der Waals surface area (Å²) in [6, 6.07) is 12.1. The molecule has 3 aromatic rings. The van der Waals surface area contributed by atoms with Crippen LogP contribution in [0.5, 0.6) is 0 Å². The molecule has 4 nitrogen and oxygen atoms in total. The number of hydrogen-bond acceptors (Lipinski definition) is 6. The minimum Gasteiger partial charge on any atom is -0.355 e. The number of para-hydroxylation sites is 1. The molecule has 130 valence electrons. The van der Waals surface area contributed by atoms with Gasteiger partial charge in [-0.25, -0.2) is 9.97 Å². The standard InChI is InChI=1S/C18H19N3OS3/c1-13-20-16-7-3-2-6-15(16)18(21-13)25-12-17(22)19-8-10-23-11-14-5-4-9-24-14/h2-7,9H,8,10-12H2,1H3,(H,19,22). The van der Waals surface area contributed by atoms with Gasteiger partial charge in [-0.05, 0) is 24.4 Å². The highest BCUT2D eigenvalue weighted by Gasteiger charge is 2.09. The number of aromatic nitrogens is 2. The molecule has 0 aliphatic heterocycles. The third-order valence-electron chi connectivity index (χ3n) is 3.41. The molecule has 1 N–H and O–H groups in total. The van der Waals surface area contributed by atoms with Crippen LogP contribution in [0.3, 0.4) is 0 Å². The van der Waals surface area contributed by atoms with Gasteiger partial charge < -0.3 is 5.32 Å². The molecule has 1 aromatic carbocycles. The minimum absolute atomic E-state index is 0.0436.